The summed E-state index contributed by atoms with van der Waals surface area (Å²) < 4.78 is 5.64. The van der Waals surface area contributed by atoms with Crippen LogP contribution in [0.2, 0.25) is 0 Å². The van der Waals surface area contributed by atoms with Gasteiger partial charge in [-0.15, -0.1) is 0 Å². The lowest BCUT2D eigenvalue weighted by Gasteiger charge is -2.58. The third-order valence-corrected chi connectivity index (χ3v) is 8.02. The summed E-state index contributed by atoms with van der Waals surface area (Å²) in [6.45, 7) is 2.35. The summed E-state index contributed by atoms with van der Waals surface area (Å²) in [4.78, 5) is 0. The number of aliphatic hydroxyl groups excluding tert-OH is 1. The summed E-state index contributed by atoms with van der Waals surface area (Å²) in [6, 6.07) is 2.16. The minimum Gasteiger partial charge on any atom is -0.465 e. The van der Waals surface area contributed by atoms with E-state index in [4.69, 9.17) is 4.42 Å². The molecule has 1 aromatic heterocycles. The molecule has 23 heavy (non-hydrogen) atoms. The molecular weight excluding hydrogens is 288 g/mol. The third kappa shape index (κ3) is 1.63. The topological polar surface area (TPSA) is 53.6 Å². The molecule has 0 saturated heterocycles. The summed E-state index contributed by atoms with van der Waals surface area (Å²) >= 11 is 0. The van der Waals surface area contributed by atoms with Crippen molar-refractivity contribution in [2.24, 2.45) is 22.7 Å². The van der Waals surface area contributed by atoms with Crippen LogP contribution in [0.15, 0.2) is 22.8 Å². The molecule has 0 radical (unpaired) electrons. The van der Waals surface area contributed by atoms with Crippen molar-refractivity contribution in [2.75, 3.05) is 6.61 Å². The molecule has 3 nitrogen and oxygen atoms in total. The summed E-state index contributed by atoms with van der Waals surface area (Å²) in [5.41, 5.74) is 0.914. The minimum atomic E-state index is -0.836. The van der Waals surface area contributed by atoms with Gasteiger partial charge in [-0.1, -0.05) is 13.0 Å². The zero-order chi connectivity index (χ0) is 15.9. The highest BCUT2D eigenvalue weighted by Gasteiger charge is 2.65. The first-order chi connectivity index (χ1) is 11.0. The van der Waals surface area contributed by atoms with Crippen LogP contribution in [0.1, 0.15) is 62.7 Å². The van der Waals surface area contributed by atoms with Gasteiger partial charge in [-0.3, -0.25) is 0 Å². The minimum absolute atomic E-state index is 0.0754. The number of aliphatic hydroxyl groups is 2. The van der Waals surface area contributed by atoms with Gasteiger partial charge in [-0.05, 0) is 79.3 Å². The Bertz CT molecular complexity index is 676. The van der Waals surface area contributed by atoms with E-state index in [2.05, 4.69) is 25.1 Å². The molecule has 3 heteroatoms. The molecule has 1 aromatic rings. The van der Waals surface area contributed by atoms with Crippen LogP contribution in [0.5, 0.6) is 0 Å². The molecule has 2 bridgehead atoms. The van der Waals surface area contributed by atoms with Gasteiger partial charge in [0.1, 0.15) is 5.76 Å². The maximum absolute atomic E-state index is 10.9. The average Bonchev–Trinajstić information content (AvgIpc) is 3.09. The predicted molar refractivity (Wildman–Crippen MR) is 87.7 cm³/mol. The Morgan fingerprint density at radius 3 is 3.00 bits per heavy atom. The first kappa shape index (κ1) is 14.3. The Balaban J connectivity index is 1.58. The van der Waals surface area contributed by atoms with E-state index >= 15 is 0 Å². The zero-order valence-corrected chi connectivity index (χ0v) is 13.8. The van der Waals surface area contributed by atoms with E-state index in [0.29, 0.717) is 17.8 Å². The van der Waals surface area contributed by atoms with Crippen LogP contribution in [0.4, 0.5) is 0 Å². The molecule has 6 atom stereocenters. The number of furan rings is 1. The van der Waals surface area contributed by atoms with E-state index in [0.717, 1.165) is 31.4 Å². The second-order valence-corrected chi connectivity index (χ2v) is 8.86. The van der Waals surface area contributed by atoms with Gasteiger partial charge in [-0.25, -0.2) is 0 Å². The molecule has 3 fully saturated rings. The van der Waals surface area contributed by atoms with E-state index < -0.39 is 5.60 Å². The lowest BCUT2D eigenvalue weighted by atomic mass is 9.46. The van der Waals surface area contributed by atoms with Crippen LogP contribution in [0, 0.1) is 22.7 Å². The van der Waals surface area contributed by atoms with E-state index in [9.17, 15) is 10.2 Å². The van der Waals surface area contributed by atoms with E-state index in [1.54, 1.807) is 0 Å². The van der Waals surface area contributed by atoms with Gasteiger partial charge in [0, 0.05) is 5.56 Å². The fourth-order valence-electron chi connectivity index (χ4n) is 7.06. The number of rotatable bonds is 1. The molecule has 0 aromatic carbocycles. The van der Waals surface area contributed by atoms with E-state index in [1.165, 1.54) is 18.4 Å². The summed E-state index contributed by atoms with van der Waals surface area (Å²) in [6.07, 6.45) is 12.9. The summed E-state index contributed by atoms with van der Waals surface area (Å²) in [5, 5.41) is 20.7. The van der Waals surface area contributed by atoms with Crippen LogP contribution < -0.4 is 0 Å². The smallest absolute Gasteiger partial charge is 0.129 e. The lowest BCUT2D eigenvalue weighted by molar-refractivity contribution is -0.0517. The van der Waals surface area contributed by atoms with Crippen molar-refractivity contribution in [3.63, 3.8) is 0 Å². The van der Waals surface area contributed by atoms with Crippen molar-refractivity contribution in [1.82, 2.24) is 0 Å². The van der Waals surface area contributed by atoms with Gasteiger partial charge in [-0.2, -0.15) is 0 Å². The van der Waals surface area contributed by atoms with Crippen molar-refractivity contribution in [3.05, 3.63) is 29.7 Å². The zero-order valence-electron chi connectivity index (χ0n) is 13.8. The van der Waals surface area contributed by atoms with Gasteiger partial charge >= 0.3 is 0 Å². The standard InChI is InChI=1S/C20H26O3/c1-18-7-5-16-14(6-9-23-16)15(18)4-8-19-10-13(2-3-17(18)19)20(22,11-19)12-21/h5-7,9,13,15,17,21-22H,2-4,8,10-12H2,1H3/t13-,15+,17-,18-,19+,20-/m1/s1. The molecule has 124 valence electrons. The van der Waals surface area contributed by atoms with Crippen LogP contribution >= 0.6 is 0 Å². The normalized spacial score (nSPS) is 50.3. The molecule has 0 amide bonds. The van der Waals surface area contributed by atoms with Crippen molar-refractivity contribution in [3.8, 4) is 0 Å². The molecule has 4 aliphatic carbocycles. The van der Waals surface area contributed by atoms with Crippen LogP contribution in [0.3, 0.4) is 0 Å². The monoisotopic (exact) mass is 314 g/mol. The first-order valence-corrected chi connectivity index (χ1v) is 9.11. The second-order valence-electron chi connectivity index (χ2n) is 8.86. The summed E-state index contributed by atoms with van der Waals surface area (Å²) in [7, 11) is 0. The molecule has 1 spiro atoms. The highest BCUT2D eigenvalue weighted by atomic mass is 16.3. The number of allylic oxidation sites excluding steroid dienone is 1. The van der Waals surface area contributed by atoms with Crippen molar-refractivity contribution in [1.29, 1.82) is 0 Å². The molecule has 4 aliphatic rings. The van der Waals surface area contributed by atoms with Crippen molar-refractivity contribution < 1.29 is 14.6 Å². The molecule has 3 saturated carbocycles. The Labute approximate surface area is 137 Å². The molecular formula is C20H26O3. The Morgan fingerprint density at radius 1 is 1.30 bits per heavy atom. The Kier molecular flexibility index (Phi) is 2.68. The maximum Gasteiger partial charge on any atom is 0.129 e. The van der Waals surface area contributed by atoms with Gasteiger partial charge in [0.05, 0.1) is 18.5 Å². The Morgan fingerprint density at radius 2 is 2.17 bits per heavy atom. The fourth-order valence-corrected chi connectivity index (χ4v) is 7.06. The Hall–Kier alpha value is -1.06. The van der Waals surface area contributed by atoms with Crippen molar-refractivity contribution in [2.45, 2.75) is 57.0 Å². The molecule has 5 rings (SSSR count). The quantitative estimate of drug-likeness (QED) is 0.830. The number of hydrogen-bond acceptors (Lipinski definition) is 3. The number of fused-ring (bicyclic) bond motifs is 5. The largest absolute Gasteiger partial charge is 0.465 e. The predicted octanol–water partition coefficient (Wildman–Crippen LogP) is 3.72. The van der Waals surface area contributed by atoms with E-state index in [-0.39, 0.29) is 17.4 Å². The molecule has 0 unspecified atom stereocenters. The lowest BCUT2D eigenvalue weighted by Crippen LogP contribution is -2.49. The van der Waals surface area contributed by atoms with Gasteiger partial charge < -0.3 is 14.6 Å². The fraction of sp³-hybridized carbons (Fsp3) is 0.700. The SMILES string of the molecule is C[C@@]12C=Cc3occc3[C@@H]1CC[C@@]13C[C@@H](CC[C@@H]12)[C@](O)(CO)C3. The second kappa shape index (κ2) is 4.31. The highest BCUT2D eigenvalue weighted by molar-refractivity contribution is 5.55. The number of hydrogen-bond donors (Lipinski definition) is 2. The highest BCUT2D eigenvalue weighted by Crippen LogP contribution is 2.71. The van der Waals surface area contributed by atoms with Crippen LogP contribution in [-0.4, -0.2) is 22.4 Å². The average molecular weight is 314 g/mol. The van der Waals surface area contributed by atoms with Crippen LogP contribution in [0.25, 0.3) is 6.08 Å². The van der Waals surface area contributed by atoms with Gasteiger partial charge in [0.25, 0.3) is 0 Å². The molecule has 0 aliphatic heterocycles. The van der Waals surface area contributed by atoms with Crippen LogP contribution in [-0.2, 0) is 0 Å². The summed E-state index contributed by atoms with van der Waals surface area (Å²) in [5.74, 6) is 2.47. The van der Waals surface area contributed by atoms with E-state index in [1.807, 2.05) is 6.26 Å². The van der Waals surface area contributed by atoms with Gasteiger partial charge in [0.2, 0.25) is 0 Å². The third-order valence-electron chi connectivity index (χ3n) is 8.02. The first-order valence-electron chi connectivity index (χ1n) is 9.11. The maximum atomic E-state index is 10.9. The van der Waals surface area contributed by atoms with Gasteiger partial charge in [0.15, 0.2) is 0 Å². The molecule has 2 N–H and O–H groups in total. The van der Waals surface area contributed by atoms with Crippen molar-refractivity contribution >= 4 is 6.08 Å². The molecule has 1 heterocycles.